The minimum atomic E-state index is 0.725. The zero-order valence-corrected chi connectivity index (χ0v) is 9.73. The first kappa shape index (κ1) is 10.1. The second-order valence-electron chi connectivity index (χ2n) is 4.18. The molecule has 0 saturated heterocycles. The minimum Gasteiger partial charge on any atom is -0.490 e. The molecule has 0 bridgehead atoms. The Kier molecular flexibility index (Phi) is 2.44. The van der Waals surface area contributed by atoms with Crippen molar-refractivity contribution in [2.24, 2.45) is 0 Å². The molecule has 2 heterocycles. The third-order valence-electron chi connectivity index (χ3n) is 3.01. The van der Waals surface area contributed by atoms with Crippen molar-refractivity contribution in [2.45, 2.75) is 6.92 Å². The van der Waals surface area contributed by atoms with E-state index in [2.05, 4.69) is 35.4 Å². The molecule has 0 saturated carbocycles. The number of rotatable bonds is 1. The number of anilines is 1. The number of pyridine rings is 1. The fourth-order valence-electron chi connectivity index (χ4n) is 2.07. The average Bonchev–Trinajstić information content (AvgIpc) is 2.39. The number of aryl methyl sites for hydroxylation is 1. The van der Waals surface area contributed by atoms with Crippen LogP contribution in [0.2, 0.25) is 0 Å². The van der Waals surface area contributed by atoms with E-state index in [1.807, 2.05) is 18.5 Å². The van der Waals surface area contributed by atoms with Crippen molar-refractivity contribution >= 4 is 5.69 Å². The van der Waals surface area contributed by atoms with Gasteiger partial charge in [-0.25, -0.2) is 0 Å². The third-order valence-corrected chi connectivity index (χ3v) is 3.01. The first-order valence-electron chi connectivity index (χ1n) is 5.76. The van der Waals surface area contributed by atoms with Gasteiger partial charge in [0.2, 0.25) is 0 Å². The molecule has 1 aliphatic heterocycles. The number of ether oxygens (including phenoxy) is 1. The van der Waals surface area contributed by atoms with Crippen LogP contribution < -0.4 is 10.1 Å². The van der Waals surface area contributed by atoms with Crippen LogP contribution in [-0.4, -0.2) is 18.1 Å². The largest absolute Gasteiger partial charge is 0.490 e. The highest BCUT2D eigenvalue weighted by molar-refractivity contribution is 5.72. The Hall–Kier alpha value is -2.03. The molecule has 1 aliphatic rings. The lowest BCUT2D eigenvalue weighted by Crippen LogP contribution is -2.17. The van der Waals surface area contributed by atoms with E-state index in [-0.39, 0.29) is 0 Å². The van der Waals surface area contributed by atoms with E-state index in [1.165, 1.54) is 5.56 Å². The van der Waals surface area contributed by atoms with Gasteiger partial charge in [0.05, 0.1) is 5.69 Å². The quantitative estimate of drug-likeness (QED) is 0.811. The van der Waals surface area contributed by atoms with Gasteiger partial charge in [-0.15, -0.1) is 0 Å². The summed E-state index contributed by atoms with van der Waals surface area (Å²) in [6, 6.07) is 8.26. The predicted octanol–water partition coefficient (Wildman–Crippen LogP) is 2.86. The van der Waals surface area contributed by atoms with E-state index in [1.54, 1.807) is 0 Å². The van der Waals surface area contributed by atoms with Gasteiger partial charge in [-0.05, 0) is 36.2 Å². The molecular formula is C14H14N2O. The van der Waals surface area contributed by atoms with Gasteiger partial charge >= 0.3 is 0 Å². The van der Waals surface area contributed by atoms with Gasteiger partial charge in [-0.3, -0.25) is 4.98 Å². The standard InChI is InChI=1S/C14H14N2O/c1-10-4-5-15-9-12(10)11-2-3-13-14(8-11)17-7-6-16-13/h2-5,8-9,16H,6-7H2,1H3. The lowest BCUT2D eigenvalue weighted by molar-refractivity contribution is 0.323. The molecule has 3 heteroatoms. The first-order valence-corrected chi connectivity index (χ1v) is 5.76. The van der Waals surface area contributed by atoms with E-state index in [4.69, 9.17) is 4.74 Å². The zero-order valence-electron chi connectivity index (χ0n) is 9.73. The lowest BCUT2D eigenvalue weighted by atomic mass is 10.0. The molecule has 1 N–H and O–H groups in total. The van der Waals surface area contributed by atoms with E-state index in [0.29, 0.717) is 0 Å². The monoisotopic (exact) mass is 226 g/mol. The van der Waals surface area contributed by atoms with Crippen LogP contribution in [0.25, 0.3) is 11.1 Å². The number of nitrogens with zero attached hydrogens (tertiary/aromatic N) is 1. The van der Waals surface area contributed by atoms with E-state index < -0.39 is 0 Å². The maximum absolute atomic E-state index is 5.64. The van der Waals surface area contributed by atoms with Crippen LogP contribution >= 0.6 is 0 Å². The Morgan fingerprint density at radius 2 is 2.24 bits per heavy atom. The third kappa shape index (κ3) is 1.84. The molecule has 0 atom stereocenters. The minimum absolute atomic E-state index is 0.725. The van der Waals surface area contributed by atoms with Crippen molar-refractivity contribution in [3.05, 3.63) is 42.2 Å². The maximum Gasteiger partial charge on any atom is 0.143 e. The molecule has 0 aliphatic carbocycles. The summed E-state index contributed by atoms with van der Waals surface area (Å²) in [6.45, 7) is 3.69. The molecule has 17 heavy (non-hydrogen) atoms. The molecule has 2 aromatic rings. The molecule has 0 unspecified atom stereocenters. The summed E-state index contributed by atoms with van der Waals surface area (Å²) in [6.07, 6.45) is 3.71. The van der Waals surface area contributed by atoms with Crippen LogP contribution in [0.3, 0.4) is 0 Å². The number of benzene rings is 1. The van der Waals surface area contributed by atoms with Crippen molar-refractivity contribution in [1.82, 2.24) is 4.98 Å². The molecule has 0 spiro atoms. The van der Waals surface area contributed by atoms with Crippen LogP contribution in [0.1, 0.15) is 5.56 Å². The zero-order chi connectivity index (χ0) is 11.7. The van der Waals surface area contributed by atoms with Gasteiger partial charge in [0.25, 0.3) is 0 Å². The predicted molar refractivity (Wildman–Crippen MR) is 68.4 cm³/mol. The molecule has 0 amide bonds. The smallest absolute Gasteiger partial charge is 0.143 e. The molecule has 86 valence electrons. The fourth-order valence-corrected chi connectivity index (χ4v) is 2.07. The van der Waals surface area contributed by atoms with Crippen LogP contribution in [0.4, 0.5) is 5.69 Å². The Balaban J connectivity index is 2.07. The first-order chi connectivity index (χ1) is 8.34. The molecule has 3 rings (SSSR count). The Morgan fingerprint density at radius 3 is 3.12 bits per heavy atom. The highest BCUT2D eigenvalue weighted by atomic mass is 16.5. The van der Waals surface area contributed by atoms with Crippen LogP contribution in [-0.2, 0) is 0 Å². The highest BCUT2D eigenvalue weighted by Crippen LogP contribution is 2.33. The van der Waals surface area contributed by atoms with Crippen molar-refractivity contribution in [3.63, 3.8) is 0 Å². The normalized spacial score (nSPS) is 13.5. The number of aromatic nitrogens is 1. The Bertz CT molecular complexity index is 552. The van der Waals surface area contributed by atoms with Crippen molar-refractivity contribution in [1.29, 1.82) is 0 Å². The summed E-state index contributed by atoms with van der Waals surface area (Å²) in [4.78, 5) is 4.18. The number of nitrogens with one attached hydrogen (secondary N) is 1. The van der Waals surface area contributed by atoms with Crippen molar-refractivity contribution < 1.29 is 4.74 Å². The van der Waals surface area contributed by atoms with Gasteiger partial charge in [0.1, 0.15) is 12.4 Å². The lowest BCUT2D eigenvalue weighted by Gasteiger charge is -2.20. The second-order valence-corrected chi connectivity index (χ2v) is 4.18. The summed E-state index contributed by atoms with van der Waals surface area (Å²) < 4.78 is 5.64. The summed E-state index contributed by atoms with van der Waals surface area (Å²) in [7, 11) is 0. The van der Waals surface area contributed by atoms with E-state index in [0.717, 1.165) is 35.7 Å². The van der Waals surface area contributed by atoms with Crippen LogP contribution in [0.5, 0.6) is 5.75 Å². The van der Waals surface area contributed by atoms with Gasteiger partial charge in [0.15, 0.2) is 0 Å². The van der Waals surface area contributed by atoms with Gasteiger partial charge in [-0.2, -0.15) is 0 Å². The summed E-state index contributed by atoms with van der Waals surface area (Å²) in [5, 5.41) is 3.32. The van der Waals surface area contributed by atoms with Crippen LogP contribution in [0, 0.1) is 6.92 Å². The highest BCUT2D eigenvalue weighted by Gasteiger charge is 2.11. The van der Waals surface area contributed by atoms with Crippen LogP contribution in [0.15, 0.2) is 36.7 Å². The molecule has 1 aromatic carbocycles. The Labute approximate surface area is 100 Å². The average molecular weight is 226 g/mol. The summed E-state index contributed by atoms with van der Waals surface area (Å²) >= 11 is 0. The van der Waals surface area contributed by atoms with Crippen molar-refractivity contribution in [3.8, 4) is 16.9 Å². The van der Waals surface area contributed by atoms with Crippen molar-refractivity contribution in [2.75, 3.05) is 18.5 Å². The van der Waals surface area contributed by atoms with E-state index in [9.17, 15) is 0 Å². The summed E-state index contributed by atoms with van der Waals surface area (Å²) in [5.74, 6) is 0.928. The van der Waals surface area contributed by atoms with Gasteiger partial charge < -0.3 is 10.1 Å². The fraction of sp³-hybridized carbons (Fsp3) is 0.214. The van der Waals surface area contributed by atoms with E-state index >= 15 is 0 Å². The topological polar surface area (TPSA) is 34.1 Å². The number of hydrogen-bond acceptors (Lipinski definition) is 3. The number of fused-ring (bicyclic) bond motifs is 1. The Morgan fingerprint density at radius 1 is 1.29 bits per heavy atom. The molecule has 1 aromatic heterocycles. The maximum atomic E-state index is 5.64. The molecule has 3 nitrogen and oxygen atoms in total. The second kappa shape index (κ2) is 4.09. The SMILES string of the molecule is Cc1ccncc1-c1ccc2c(c1)OCCN2. The van der Waals surface area contributed by atoms with Gasteiger partial charge in [0, 0.05) is 24.5 Å². The summed E-state index contributed by atoms with van der Waals surface area (Å²) in [5.41, 5.74) is 4.60. The number of hydrogen-bond donors (Lipinski definition) is 1. The van der Waals surface area contributed by atoms with Gasteiger partial charge in [-0.1, -0.05) is 6.07 Å². The molecular weight excluding hydrogens is 212 g/mol. The molecule has 0 radical (unpaired) electrons. The molecule has 0 fully saturated rings.